The zero-order chi connectivity index (χ0) is 14.0. The van der Waals surface area contributed by atoms with Crippen LogP contribution in [0, 0.1) is 0 Å². The molecule has 1 amide bonds. The van der Waals surface area contributed by atoms with Crippen molar-refractivity contribution >= 4 is 17.5 Å². The Morgan fingerprint density at radius 1 is 1.10 bits per heavy atom. The fourth-order valence-electron chi connectivity index (χ4n) is 3.54. The normalized spacial score (nSPS) is 21.9. The number of nitrogens with zero attached hydrogens (tertiary/aromatic N) is 1. The van der Waals surface area contributed by atoms with E-state index in [-0.39, 0.29) is 5.41 Å². The molecule has 2 fully saturated rings. The van der Waals surface area contributed by atoms with Crippen molar-refractivity contribution in [3.8, 4) is 0 Å². The number of hydrogen-bond acceptors (Lipinski definition) is 2. The number of nitrogens with one attached hydrogen (secondary N) is 1. The van der Waals surface area contributed by atoms with Crippen LogP contribution in [0.2, 0.25) is 5.02 Å². The van der Waals surface area contributed by atoms with Gasteiger partial charge in [-0.25, -0.2) is 0 Å². The van der Waals surface area contributed by atoms with Gasteiger partial charge in [-0.15, -0.1) is 0 Å². The molecule has 1 saturated carbocycles. The molecular weight excluding hydrogens is 272 g/mol. The second-order valence-corrected chi connectivity index (χ2v) is 6.27. The number of halogens is 1. The van der Waals surface area contributed by atoms with Crippen LogP contribution in [0.15, 0.2) is 24.3 Å². The Hall–Kier alpha value is -1.06. The molecular formula is C16H21ClN2O. The van der Waals surface area contributed by atoms with Gasteiger partial charge < -0.3 is 10.2 Å². The molecule has 4 heteroatoms. The van der Waals surface area contributed by atoms with E-state index in [1.54, 1.807) is 0 Å². The summed E-state index contributed by atoms with van der Waals surface area (Å²) in [6.45, 7) is 3.47. The zero-order valence-corrected chi connectivity index (χ0v) is 12.5. The number of rotatable bonds is 2. The first-order valence-corrected chi connectivity index (χ1v) is 7.86. The molecule has 0 atom stereocenters. The lowest BCUT2D eigenvalue weighted by atomic mass is 9.77. The third-order valence-corrected chi connectivity index (χ3v) is 4.92. The fraction of sp³-hybridized carbons (Fsp3) is 0.562. The van der Waals surface area contributed by atoms with Crippen LogP contribution in [0.5, 0.6) is 0 Å². The molecule has 1 saturated heterocycles. The van der Waals surface area contributed by atoms with Crippen LogP contribution >= 0.6 is 11.6 Å². The van der Waals surface area contributed by atoms with Crippen LogP contribution in [0.3, 0.4) is 0 Å². The van der Waals surface area contributed by atoms with Crippen molar-refractivity contribution in [1.82, 2.24) is 10.2 Å². The van der Waals surface area contributed by atoms with E-state index in [1.165, 1.54) is 0 Å². The third-order valence-electron chi connectivity index (χ3n) is 4.67. The fourth-order valence-corrected chi connectivity index (χ4v) is 3.67. The smallest absolute Gasteiger partial charge is 0.233 e. The summed E-state index contributed by atoms with van der Waals surface area (Å²) in [6, 6.07) is 7.88. The Labute approximate surface area is 125 Å². The van der Waals surface area contributed by atoms with Crippen LogP contribution in [-0.4, -0.2) is 37.0 Å². The summed E-state index contributed by atoms with van der Waals surface area (Å²) in [5.41, 5.74) is 0.838. The van der Waals surface area contributed by atoms with Gasteiger partial charge in [-0.3, -0.25) is 4.79 Å². The summed E-state index contributed by atoms with van der Waals surface area (Å²) in [6.07, 6.45) is 4.22. The quantitative estimate of drug-likeness (QED) is 0.909. The lowest BCUT2D eigenvalue weighted by molar-refractivity contribution is -0.138. The Balaban J connectivity index is 1.90. The van der Waals surface area contributed by atoms with Crippen molar-refractivity contribution < 1.29 is 4.79 Å². The Bertz CT molecular complexity index is 474. The molecule has 20 heavy (non-hydrogen) atoms. The van der Waals surface area contributed by atoms with Gasteiger partial charge in [0, 0.05) is 31.2 Å². The van der Waals surface area contributed by atoms with E-state index in [0.29, 0.717) is 5.91 Å². The van der Waals surface area contributed by atoms with E-state index in [9.17, 15) is 4.79 Å². The first-order valence-electron chi connectivity index (χ1n) is 7.48. The van der Waals surface area contributed by atoms with Gasteiger partial charge in [0.1, 0.15) is 0 Å². The molecule has 2 aliphatic rings. The lowest BCUT2D eigenvalue weighted by Gasteiger charge is -2.37. The van der Waals surface area contributed by atoms with Gasteiger partial charge in [0.25, 0.3) is 0 Å². The first-order chi connectivity index (χ1) is 9.72. The first kappa shape index (κ1) is 13.9. The van der Waals surface area contributed by atoms with Crippen molar-refractivity contribution in [2.45, 2.75) is 31.1 Å². The van der Waals surface area contributed by atoms with Gasteiger partial charge in [0.15, 0.2) is 0 Å². The summed E-state index contributed by atoms with van der Waals surface area (Å²) in [5, 5.41) is 4.04. The minimum absolute atomic E-state index is 0.304. The van der Waals surface area contributed by atoms with Gasteiger partial charge in [-0.2, -0.15) is 0 Å². The number of amides is 1. The number of benzene rings is 1. The Morgan fingerprint density at radius 3 is 2.30 bits per heavy atom. The molecule has 0 bridgehead atoms. The zero-order valence-electron chi connectivity index (χ0n) is 11.7. The monoisotopic (exact) mass is 292 g/mol. The highest BCUT2D eigenvalue weighted by molar-refractivity contribution is 6.30. The standard InChI is InChI=1S/C16H21ClN2O/c17-14-5-3-13(4-6-14)16(7-1-2-8-16)15(20)19-11-9-18-10-12-19/h3-6,18H,1-2,7-12H2. The highest BCUT2D eigenvalue weighted by atomic mass is 35.5. The predicted octanol–water partition coefficient (Wildman–Crippen LogP) is 2.58. The Morgan fingerprint density at radius 2 is 1.70 bits per heavy atom. The summed E-state index contributed by atoms with van der Waals surface area (Å²) in [4.78, 5) is 15.1. The molecule has 0 radical (unpaired) electrons. The van der Waals surface area contributed by atoms with Crippen molar-refractivity contribution in [2.24, 2.45) is 0 Å². The number of carbonyl (C=O) groups excluding carboxylic acids is 1. The molecule has 1 aliphatic heterocycles. The maximum Gasteiger partial charge on any atom is 0.233 e. The summed E-state index contributed by atoms with van der Waals surface area (Å²) >= 11 is 5.99. The van der Waals surface area contributed by atoms with Crippen molar-refractivity contribution in [1.29, 1.82) is 0 Å². The van der Waals surface area contributed by atoms with Crippen LogP contribution in [-0.2, 0) is 10.2 Å². The molecule has 3 nitrogen and oxygen atoms in total. The molecule has 1 heterocycles. The molecule has 1 aromatic carbocycles. The average Bonchev–Trinajstić information content (AvgIpc) is 2.99. The minimum atomic E-state index is -0.304. The summed E-state index contributed by atoms with van der Waals surface area (Å²) in [5.74, 6) is 0.318. The molecule has 0 aromatic heterocycles. The van der Waals surface area contributed by atoms with E-state index in [1.807, 2.05) is 29.2 Å². The maximum absolute atomic E-state index is 13.1. The molecule has 1 aromatic rings. The molecule has 1 aliphatic carbocycles. The van der Waals surface area contributed by atoms with Crippen molar-refractivity contribution in [3.05, 3.63) is 34.9 Å². The average molecular weight is 293 g/mol. The highest BCUT2D eigenvalue weighted by Gasteiger charge is 2.44. The molecule has 3 rings (SSSR count). The van der Waals surface area contributed by atoms with Gasteiger partial charge >= 0.3 is 0 Å². The van der Waals surface area contributed by atoms with Crippen LogP contribution < -0.4 is 5.32 Å². The van der Waals surface area contributed by atoms with E-state index >= 15 is 0 Å². The van der Waals surface area contributed by atoms with Gasteiger partial charge in [-0.05, 0) is 30.5 Å². The topological polar surface area (TPSA) is 32.3 Å². The van der Waals surface area contributed by atoms with Gasteiger partial charge in [-0.1, -0.05) is 36.6 Å². The minimum Gasteiger partial charge on any atom is -0.339 e. The van der Waals surface area contributed by atoms with E-state index in [4.69, 9.17) is 11.6 Å². The predicted molar refractivity (Wildman–Crippen MR) is 81.0 cm³/mol. The molecule has 0 spiro atoms. The lowest BCUT2D eigenvalue weighted by Crippen LogP contribution is -2.52. The maximum atomic E-state index is 13.1. The largest absolute Gasteiger partial charge is 0.339 e. The molecule has 108 valence electrons. The van der Waals surface area contributed by atoms with Crippen LogP contribution in [0.25, 0.3) is 0 Å². The van der Waals surface area contributed by atoms with Crippen molar-refractivity contribution in [3.63, 3.8) is 0 Å². The summed E-state index contributed by atoms with van der Waals surface area (Å²) < 4.78 is 0. The van der Waals surface area contributed by atoms with E-state index in [0.717, 1.165) is 62.4 Å². The van der Waals surface area contributed by atoms with E-state index in [2.05, 4.69) is 5.32 Å². The highest BCUT2D eigenvalue weighted by Crippen LogP contribution is 2.43. The van der Waals surface area contributed by atoms with Crippen molar-refractivity contribution in [2.75, 3.05) is 26.2 Å². The second-order valence-electron chi connectivity index (χ2n) is 5.84. The third kappa shape index (κ3) is 2.45. The van der Waals surface area contributed by atoms with Crippen LogP contribution in [0.4, 0.5) is 0 Å². The molecule has 1 N–H and O–H groups in total. The summed E-state index contributed by atoms with van der Waals surface area (Å²) in [7, 11) is 0. The number of carbonyl (C=O) groups is 1. The molecule has 0 unspecified atom stereocenters. The Kier molecular flexibility index (Phi) is 3.99. The van der Waals surface area contributed by atoms with Gasteiger partial charge in [0.05, 0.1) is 5.41 Å². The SMILES string of the molecule is O=C(N1CCNCC1)C1(c2ccc(Cl)cc2)CCCC1. The second kappa shape index (κ2) is 5.74. The number of piperazine rings is 1. The number of hydrogen-bond donors (Lipinski definition) is 1. The van der Waals surface area contributed by atoms with Crippen LogP contribution in [0.1, 0.15) is 31.2 Å². The van der Waals surface area contributed by atoms with Gasteiger partial charge in [0.2, 0.25) is 5.91 Å². The van der Waals surface area contributed by atoms with E-state index < -0.39 is 0 Å².